The number of nitrogens with one attached hydrogen (secondary N) is 1. The van der Waals surface area contributed by atoms with Crippen molar-refractivity contribution in [2.24, 2.45) is 0 Å². The van der Waals surface area contributed by atoms with Crippen molar-refractivity contribution in [2.45, 2.75) is 32.8 Å². The molecule has 0 saturated carbocycles. The van der Waals surface area contributed by atoms with Crippen molar-refractivity contribution in [3.63, 3.8) is 0 Å². The van der Waals surface area contributed by atoms with Gasteiger partial charge in [0.15, 0.2) is 0 Å². The summed E-state index contributed by atoms with van der Waals surface area (Å²) in [6, 6.07) is 9.66. The third kappa shape index (κ3) is 3.60. The van der Waals surface area contributed by atoms with E-state index in [2.05, 4.69) is 15.0 Å². The van der Waals surface area contributed by atoms with Gasteiger partial charge in [0.2, 0.25) is 0 Å². The standard InChI is InChI=1S/C21H22N4O3/c1-13-10-14(2)24-21(23-13)28-15-6-5-9-25(12-15)20(27)19(26)17-11-22-18-8-4-3-7-16(17)18/h3-4,7-8,10-11,15,22H,5-6,9,12H2,1-2H3. The molecule has 4 rings (SSSR count). The zero-order chi connectivity index (χ0) is 19.7. The number of ether oxygens (including phenoxy) is 1. The zero-order valence-corrected chi connectivity index (χ0v) is 15.9. The number of amides is 1. The van der Waals surface area contributed by atoms with Gasteiger partial charge >= 0.3 is 6.01 Å². The Labute approximate surface area is 162 Å². The second-order valence-electron chi connectivity index (χ2n) is 7.14. The monoisotopic (exact) mass is 378 g/mol. The van der Waals surface area contributed by atoms with E-state index in [1.54, 1.807) is 11.1 Å². The number of para-hydroxylation sites is 1. The topological polar surface area (TPSA) is 88.2 Å². The first kappa shape index (κ1) is 18.2. The van der Waals surface area contributed by atoms with Crippen LogP contribution in [0.1, 0.15) is 34.6 Å². The van der Waals surface area contributed by atoms with Crippen LogP contribution in [0, 0.1) is 13.8 Å². The molecule has 0 bridgehead atoms. The van der Waals surface area contributed by atoms with Gasteiger partial charge in [0.05, 0.1) is 12.1 Å². The van der Waals surface area contributed by atoms with Crippen LogP contribution in [0.5, 0.6) is 6.01 Å². The van der Waals surface area contributed by atoms with E-state index in [9.17, 15) is 9.59 Å². The molecule has 1 N–H and O–H groups in total. The number of likely N-dealkylation sites (tertiary alicyclic amines) is 1. The Balaban J connectivity index is 1.48. The van der Waals surface area contributed by atoms with Crippen LogP contribution in [0.25, 0.3) is 10.9 Å². The lowest BCUT2D eigenvalue weighted by Crippen LogP contribution is -2.47. The van der Waals surface area contributed by atoms with Crippen molar-refractivity contribution in [1.82, 2.24) is 19.9 Å². The number of H-pyrrole nitrogens is 1. The highest BCUT2D eigenvalue weighted by Gasteiger charge is 2.30. The van der Waals surface area contributed by atoms with Gasteiger partial charge in [0.25, 0.3) is 11.7 Å². The van der Waals surface area contributed by atoms with E-state index in [0.717, 1.165) is 35.1 Å². The van der Waals surface area contributed by atoms with Gasteiger partial charge in [0, 0.05) is 35.0 Å². The summed E-state index contributed by atoms with van der Waals surface area (Å²) in [5, 5.41) is 0.759. The Bertz CT molecular complexity index is 1020. The molecule has 0 aliphatic carbocycles. The number of aromatic amines is 1. The van der Waals surface area contributed by atoms with Gasteiger partial charge in [-0.2, -0.15) is 0 Å². The number of hydrogen-bond donors (Lipinski definition) is 1. The van der Waals surface area contributed by atoms with Gasteiger partial charge in [0.1, 0.15) is 6.10 Å². The van der Waals surface area contributed by atoms with Gasteiger partial charge in [-0.3, -0.25) is 9.59 Å². The number of carbonyl (C=O) groups is 2. The van der Waals surface area contributed by atoms with E-state index >= 15 is 0 Å². The van der Waals surface area contributed by atoms with Gasteiger partial charge in [-0.1, -0.05) is 18.2 Å². The maximum atomic E-state index is 12.8. The minimum absolute atomic E-state index is 0.227. The Morgan fingerprint density at radius 1 is 1.18 bits per heavy atom. The smallest absolute Gasteiger partial charge is 0.317 e. The normalized spacial score (nSPS) is 16.9. The molecule has 0 spiro atoms. The summed E-state index contributed by atoms with van der Waals surface area (Å²) >= 11 is 0. The van der Waals surface area contributed by atoms with Crippen molar-refractivity contribution in [3.05, 3.63) is 53.5 Å². The molecule has 3 heterocycles. The zero-order valence-electron chi connectivity index (χ0n) is 15.9. The SMILES string of the molecule is Cc1cc(C)nc(OC2CCCN(C(=O)C(=O)c3c[nH]c4ccccc34)C2)n1. The third-order valence-corrected chi connectivity index (χ3v) is 4.93. The lowest BCUT2D eigenvalue weighted by Gasteiger charge is -2.31. The van der Waals surface area contributed by atoms with Gasteiger partial charge in [-0.05, 0) is 38.8 Å². The first-order valence-corrected chi connectivity index (χ1v) is 9.40. The molecule has 2 aromatic heterocycles. The summed E-state index contributed by atoms with van der Waals surface area (Å²) in [4.78, 5) is 38.8. The van der Waals surface area contributed by atoms with E-state index in [4.69, 9.17) is 4.74 Å². The number of aromatic nitrogens is 3. The highest BCUT2D eigenvalue weighted by Crippen LogP contribution is 2.21. The van der Waals surface area contributed by atoms with Gasteiger partial charge in [-0.15, -0.1) is 0 Å². The fraction of sp³-hybridized carbons (Fsp3) is 0.333. The molecule has 7 nitrogen and oxygen atoms in total. The predicted molar refractivity (Wildman–Crippen MR) is 104 cm³/mol. The van der Waals surface area contributed by atoms with E-state index in [0.29, 0.717) is 24.7 Å². The van der Waals surface area contributed by atoms with E-state index < -0.39 is 11.7 Å². The molecule has 1 aliphatic rings. The molecule has 7 heteroatoms. The van der Waals surface area contributed by atoms with Crippen LogP contribution in [0.3, 0.4) is 0 Å². The fourth-order valence-corrected chi connectivity index (χ4v) is 3.63. The van der Waals surface area contributed by atoms with Crippen LogP contribution < -0.4 is 4.74 Å². The predicted octanol–water partition coefficient (Wildman–Crippen LogP) is 2.83. The van der Waals surface area contributed by atoms with Crippen molar-refractivity contribution < 1.29 is 14.3 Å². The number of ketones is 1. The molecular formula is C21H22N4O3. The maximum absolute atomic E-state index is 12.8. The number of benzene rings is 1. The molecule has 1 fully saturated rings. The first-order valence-electron chi connectivity index (χ1n) is 9.40. The number of nitrogens with zero attached hydrogens (tertiary/aromatic N) is 3. The van der Waals surface area contributed by atoms with Crippen molar-refractivity contribution in [1.29, 1.82) is 0 Å². The highest BCUT2D eigenvalue weighted by molar-refractivity contribution is 6.44. The summed E-state index contributed by atoms with van der Waals surface area (Å²) in [6.45, 7) is 4.67. The summed E-state index contributed by atoms with van der Waals surface area (Å²) in [6.07, 6.45) is 2.94. The molecule has 1 aromatic carbocycles. The molecule has 1 saturated heterocycles. The van der Waals surface area contributed by atoms with Crippen molar-refractivity contribution in [2.75, 3.05) is 13.1 Å². The summed E-state index contributed by atoms with van der Waals surface area (Å²) in [5.41, 5.74) is 2.91. The number of Topliss-reactive ketones (excluding diaryl/α,β-unsaturated/α-hetero) is 1. The maximum Gasteiger partial charge on any atom is 0.317 e. The molecule has 1 aliphatic heterocycles. The van der Waals surface area contributed by atoms with Crippen LogP contribution in [-0.4, -0.2) is 50.7 Å². The van der Waals surface area contributed by atoms with Crippen molar-refractivity contribution >= 4 is 22.6 Å². The van der Waals surface area contributed by atoms with Gasteiger partial charge in [-0.25, -0.2) is 9.97 Å². The quantitative estimate of drug-likeness (QED) is 0.557. The van der Waals surface area contributed by atoms with E-state index in [1.807, 2.05) is 44.2 Å². The van der Waals surface area contributed by atoms with Gasteiger partial charge < -0.3 is 14.6 Å². The molecule has 1 amide bonds. The summed E-state index contributed by atoms with van der Waals surface area (Å²) in [5.74, 6) is -1.000. The van der Waals surface area contributed by atoms with Crippen LogP contribution >= 0.6 is 0 Å². The molecule has 1 unspecified atom stereocenters. The Morgan fingerprint density at radius 3 is 2.71 bits per heavy atom. The largest absolute Gasteiger partial charge is 0.458 e. The number of hydrogen-bond acceptors (Lipinski definition) is 5. The number of aryl methyl sites for hydroxylation is 2. The molecule has 144 valence electrons. The Morgan fingerprint density at radius 2 is 1.93 bits per heavy atom. The molecule has 1 atom stereocenters. The number of carbonyl (C=O) groups excluding carboxylic acids is 2. The Hall–Kier alpha value is -3.22. The van der Waals surface area contributed by atoms with Crippen LogP contribution in [0.4, 0.5) is 0 Å². The minimum Gasteiger partial charge on any atom is -0.458 e. The summed E-state index contributed by atoms with van der Waals surface area (Å²) in [7, 11) is 0. The van der Waals surface area contributed by atoms with Crippen LogP contribution in [0.15, 0.2) is 36.5 Å². The Kier molecular flexibility index (Phi) is 4.81. The lowest BCUT2D eigenvalue weighted by molar-refractivity contribution is -0.129. The number of fused-ring (bicyclic) bond motifs is 1. The minimum atomic E-state index is -0.501. The first-order chi connectivity index (χ1) is 13.5. The molecule has 0 radical (unpaired) electrons. The third-order valence-electron chi connectivity index (χ3n) is 4.93. The van der Waals surface area contributed by atoms with Crippen LogP contribution in [0.2, 0.25) is 0 Å². The van der Waals surface area contributed by atoms with Crippen LogP contribution in [-0.2, 0) is 4.79 Å². The average molecular weight is 378 g/mol. The fourth-order valence-electron chi connectivity index (χ4n) is 3.63. The molecule has 3 aromatic rings. The summed E-state index contributed by atoms with van der Waals surface area (Å²) < 4.78 is 5.90. The number of rotatable bonds is 4. The van der Waals surface area contributed by atoms with E-state index in [-0.39, 0.29) is 6.10 Å². The second-order valence-corrected chi connectivity index (χ2v) is 7.14. The molecule has 28 heavy (non-hydrogen) atoms. The average Bonchev–Trinajstić information content (AvgIpc) is 3.10. The number of piperidine rings is 1. The second kappa shape index (κ2) is 7.42. The lowest BCUT2D eigenvalue weighted by atomic mass is 10.0. The molecular weight excluding hydrogens is 356 g/mol. The van der Waals surface area contributed by atoms with E-state index in [1.165, 1.54) is 0 Å². The highest BCUT2D eigenvalue weighted by atomic mass is 16.5. The van der Waals surface area contributed by atoms with Crippen molar-refractivity contribution in [3.8, 4) is 6.01 Å².